The van der Waals surface area contributed by atoms with E-state index in [1.807, 2.05) is 0 Å². The van der Waals surface area contributed by atoms with Crippen LogP contribution in [0.4, 0.5) is 0 Å². The zero-order valence-corrected chi connectivity index (χ0v) is 12.5. The van der Waals surface area contributed by atoms with Crippen LogP contribution in [0.5, 0.6) is 0 Å². The summed E-state index contributed by atoms with van der Waals surface area (Å²) in [5.74, 6) is 0. The van der Waals surface area contributed by atoms with E-state index in [1.54, 1.807) is 5.19 Å². The Labute approximate surface area is 106 Å². The number of fused-ring (bicyclic) bond motifs is 1. The van der Waals surface area contributed by atoms with Crippen molar-refractivity contribution >= 4 is 46.6 Å². The molecule has 0 N–H and O–H groups in total. The van der Waals surface area contributed by atoms with E-state index >= 15 is 0 Å². The fraction of sp³-hybridized carbons (Fsp3) is 0.231. The van der Waals surface area contributed by atoms with Crippen LogP contribution in [0.15, 0.2) is 36.4 Å². The van der Waals surface area contributed by atoms with Crippen LogP contribution < -0.4 is 5.19 Å². The van der Waals surface area contributed by atoms with Gasteiger partial charge in [0.05, 0.1) is 8.07 Å². The van der Waals surface area contributed by atoms with Gasteiger partial charge in [0.15, 0.2) is 0 Å². The third-order valence-electron chi connectivity index (χ3n) is 2.64. The first kappa shape index (κ1) is 11.1. The zero-order chi connectivity index (χ0) is 11.1. The summed E-state index contributed by atoms with van der Waals surface area (Å²) in [6.45, 7) is 7.21. The summed E-state index contributed by atoms with van der Waals surface area (Å²) in [6.07, 6.45) is 0. The van der Waals surface area contributed by atoms with Gasteiger partial charge in [0, 0.05) is 3.57 Å². The molecular weight excluding hydrogens is 311 g/mol. The molecule has 0 aliphatic rings. The molecule has 0 amide bonds. The third kappa shape index (κ3) is 2.26. The second-order valence-electron chi connectivity index (χ2n) is 4.93. The third-order valence-corrected chi connectivity index (χ3v) is 6.07. The fourth-order valence-corrected chi connectivity index (χ4v) is 6.08. The molecule has 0 saturated carbocycles. The van der Waals surface area contributed by atoms with Gasteiger partial charge in [-0.25, -0.2) is 0 Å². The lowest BCUT2D eigenvalue weighted by atomic mass is 10.1. The minimum absolute atomic E-state index is 1.20. The summed E-state index contributed by atoms with van der Waals surface area (Å²) in [4.78, 5) is 0. The quantitative estimate of drug-likeness (QED) is 0.549. The minimum atomic E-state index is -1.20. The van der Waals surface area contributed by atoms with Gasteiger partial charge in [0.25, 0.3) is 0 Å². The second-order valence-corrected chi connectivity index (χ2v) is 11.1. The van der Waals surface area contributed by atoms with Crippen molar-refractivity contribution in [2.45, 2.75) is 19.6 Å². The summed E-state index contributed by atoms with van der Waals surface area (Å²) in [5, 5.41) is 4.29. The Kier molecular flexibility index (Phi) is 2.90. The molecule has 0 fully saturated rings. The molecule has 0 saturated heterocycles. The molecule has 0 heterocycles. The maximum absolute atomic E-state index is 2.47. The summed E-state index contributed by atoms with van der Waals surface area (Å²) in [6, 6.07) is 13.3. The van der Waals surface area contributed by atoms with Crippen LogP contribution in [0, 0.1) is 3.57 Å². The van der Waals surface area contributed by atoms with Crippen LogP contribution in [0.3, 0.4) is 0 Å². The Morgan fingerprint density at radius 1 is 0.933 bits per heavy atom. The lowest BCUT2D eigenvalue weighted by molar-refractivity contribution is 1.67. The van der Waals surface area contributed by atoms with Crippen LogP contribution in [0.2, 0.25) is 19.6 Å². The number of hydrogen-bond acceptors (Lipinski definition) is 0. The smallest absolute Gasteiger partial charge is 0.0656 e. The van der Waals surface area contributed by atoms with E-state index in [0.717, 1.165) is 0 Å². The lowest BCUT2D eigenvalue weighted by Crippen LogP contribution is -2.39. The highest BCUT2D eigenvalue weighted by Gasteiger charge is 2.19. The highest BCUT2D eigenvalue weighted by Crippen LogP contribution is 2.18. The first-order chi connectivity index (χ1) is 6.98. The Bertz CT molecular complexity index is 497. The molecular formula is C13H15ISi. The number of benzene rings is 2. The van der Waals surface area contributed by atoms with Crippen LogP contribution in [0.25, 0.3) is 10.8 Å². The molecule has 0 atom stereocenters. The monoisotopic (exact) mass is 326 g/mol. The maximum atomic E-state index is 2.47. The molecule has 78 valence electrons. The van der Waals surface area contributed by atoms with Gasteiger partial charge in [0.2, 0.25) is 0 Å². The van der Waals surface area contributed by atoms with Crippen LogP contribution in [0.1, 0.15) is 0 Å². The van der Waals surface area contributed by atoms with E-state index in [-0.39, 0.29) is 0 Å². The fourth-order valence-electron chi connectivity index (χ4n) is 1.79. The van der Waals surface area contributed by atoms with Crippen LogP contribution in [-0.4, -0.2) is 8.07 Å². The van der Waals surface area contributed by atoms with Crippen molar-refractivity contribution in [2.24, 2.45) is 0 Å². The Balaban J connectivity index is 2.73. The number of hydrogen-bond donors (Lipinski definition) is 0. The largest absolute Gasteiger partial charge is 0.0790 e. The van der Waals surface area contributed by atoms with Crippen molar-refractivity contribution in [1.29, 1.82) is 0 Å². The molecule has 0 aliphatic heterocycles. The topological polar surface area (TPSA) is 0 Å². The van der Waals surface area contributed by atoms with Gasteiger partial charge in [-0.2, -0.15) is 0 Å². The van der Waals surface area contributed by atoms with Crippen LogP contribution >= 0.6 is 22.6 Å². The summed E-state index contributed by atoms with van der Waals surface area (Å²) in [5.41, 5.74) is 0. The van der Waals surface area contributed by atoms with Crippen LogP contribution in [-0.2, 0) is 0 Å². The molecule has 0 nitrogen and oxygen atoms in total. The van der Waals surface area contributed by atoms with E-state index in [4.69, 9.17) is 0 Å². The van der Waals surface area contributed by atoms with Crippen molar-refractivity contribution < 1.29 is 0 Å². The maximum Gasteiger partial charge on any atom is 0.0790 e. The Morgan fingerprint density at radius 3 is 2.00 bits per heavy atom. The molecule has 0 aliphatic carbocycles. The average molecular weight is 326 g/mol. The van der Waals surface area contributed by atoms with Gasteiger partial charge >= 0.3 is 0 Å². The van der Waals surface area contributed by atoms with E-state index in [1.165, 1.54) is 14.3 Å². The molecule has 0 unspecified atom stereocenters. The highest BCUT2D eigenvalue weighted by molar-refractivity contribution is 14.1. The van der Waals surface area contributed by atoms with Gasteiger partial charge in [-0.1, -0.05) is 50.0 Å². The average Bonchev–Trinajstić information content (AvgIpc) is 2.15. The summed E-state index contributed by atoms with van der Waals surface area (Å²) in [7, 11) is -1.20. The highest BCUT2D eigenvalue weighted by atomic mass is 127. The van der Waals surface area contributed by atoms with Gasteiger partial charge in [0.1, 0.15) is 0 Å². The van der Waals surface area contributed by atoms with Crippen molar-refractivity contribution in [2.75, 3.05) is 0 Å². The predicted octanol–water partition coefficient (Wildman–Crippen LogP) is 3.99. The molecule has 2 rings (SSSR count). The lowest BCUT2D eigenvalue weighted by Gasteiger charge is -2.19. The Morgan fingerprint density at radius 2 is 1.47 bits per heavy atom. The van der Waals surface area contributed by atoms with Gasteiger partial charge in [-0.3, -0.25) is 0 Å². The van der Waals surface area contributed by atoms with E-state index in [9.17, 15) is 0 Å². The molecule has 2 heteroatoms. The van der Waals surface area contributed by atoms with E-state index in [2.05, 4.69) is 78.6 Å². The Hall–Kier alpha value is -0.353. The summed E-state index contributed by atoms with van der Waals surface area (Å²) < 4.78 is 1.42. The predicted molar refractivity (Wildman–Crippen MR) is 79.6 cm³/mol. The molecule has 0 aromatic heterocycles. The molecule has 0 spiro atoms. The van der Waals surface area contributed by atoms with Crippen molar-refractivity contribution in [3.63, 3.8) is 0 Å². The normalized spacial score (nSPS) is 12.0. The molecule has 2 aromatic carbocycles. The number of rotatable bonds is 1. The molecule has 0 radical (unpaired) electrons. The SMILES string of the molecule is C[Si](C)(C)c1cc2ccccc2cc1I. The second kappa shape index (κ2) is 3.90. The first-order valence-electron chi connectivity index (χ1n) is 5.17. The first-order valence-corrected chi connectivity index (χ1v) is 9.75. The zero-order valence-electron chi connectivity index (χ0n) is 9.34. The van der Waals surface area contributed by atoms with Crippen molar-refractivity contribution in [1.82, 2.24) is 0 Å². The van der Waals surface area contributed by atoms with Crippen molar-refractivity contribution in [3.05, 3.63) is 40.0 Å². The van der Waals surface area contributed by atoms with E-state index < -0.39 is 8.07 Å². The van der Waals surface area contributed by atoms with Gasteiger partial charge < -0.3 is 0 Å². The molecule has 0 bridgehead atoms. The molecule has 15 heavy (non-hydrogen) atoms. The van der Waals surface area contributed by atoms with Crippen molar-refractivity contribution in [3.8, 4) is 0 Å². The number of halogens is 1. The molecule has 2 aromatic rings. The minimum Gasteiger partial charge on any atom is -0.0656 e. The summed E-state index contributed by atoms with van der Waals surface area (Å²) >= 11 is 2.47. The van der Waals surface area contributed by atoms with Gasteiger partial charge in [-0.05, 0) is 44.6 Å². The van der Waals surface area contributed by atoms with E-state index in [0.29, 0.717) is 0 Å². The standard InChI is InChI=1S/C13H15ISi/c1-15(2,3)13-9-11-7-5-4-6-10(11)8-12(13)14/h4-9H,1-3H3. The van der Waals surface area contributed by atoms with Gasteiger partial charge in [-0.15, -0.1) is 0 Å².